The van der Waals surface area contributed by atoms with Crippen molar-refractivity contribution in [3.63, 3.8) is 0 Å². The van der Waals surface area contributed by atoms with E-state index in [1.807, 2.05) is 24.3 Å². The van der Waals surface area contributed by atoms with E-state index in [9.17, 15) is 18.9 Å². The Morgan fingerprint density at radius 1 is 1.07 bits per heavy atom. The minimum absolute atomic E-state index is 0.130. The molecular formula is C19H23IO8S. The second-order valence-electron chi connectivity index (χ2n) is 6.42. The van der Waals surface area contributed by atoms with Gasteiger partial charge in [0.05, 0.1) is 6.61 Å². The lowest BCUT2D eigenvalue weighted by molar-refractivity contribution is -0.214. The Kier molecular flexibility index (Phi) is 9.18. The SMILES string of the molecule is CC(=O)O[C@H]1[C@H](OC(C)=O)C([S+]([O-])CCc2ccccc2I)OC[C@H]1OC(C)=O. The molecule has 0 aliphatic carbocycles. The van der Waals surface area contributed by atoms with E-state index in [0.29, 0.717) is 6.42 Å². The predicted octanol–water partition coefficient (Wildman–Crippen LogP) is 1.73. The van der Waals surface area contributed by atoms with Crippen molar-refractivity contribution in [2.24, 2.45) is 0 Å². The molecule has 2 rings (SSSR count). The van der Waals surface area contributed by atoms with Crippen LogP contribution in [0.1, 0.15) is 26.3 Å². The number of carbonyl (C=O) groups excluding carboxylic acids is 3. The standard InChI is InChI=1S/C19H23IO8S/c1-11(21)26-16-10-25-19(18(28-13(3)23)17(16)27-12(2)22)29(24)9-8-14-6-4-5-7-15(14)20/h4-7,16-19H,8-10H2,1-3H3/t16-,17-,18+,19?,29?/m1/s1. The summed E-state index contributed by atoms with van der Waals surface area (Å²) < 4.78 is 35.4. The number of esters is 3. The average molecular weight is 538 g/mol. The van der Waals surface area contributed by atoms with E-state index in [1.165, 1.54) is 20.8 Å². The molecule has 160 valence electrons. The molecular weight excluding hydrogens is 515 g/mol. The van der Waals surface area contributed by atoms with Crippen LogP contribution in [-0.2, 0) is 50.9 Å². The third-order valence-electron chi connectivity index (χ3n) is 4.09. The number of hydrogen-bond donors (Lipinski definition) is 0. The highest BCUT2D eigenvalue weighted by Crippen LogP contribution is 2.28. The molecule has 2 unspecified atom stereocenters. The van der Waals surface area contributed by atoms with Gasteiger partial charge in [0, 0.05) is 30.8 Å². The number of rotatable bonds is 7. The van der Waals surface area contributed by atoms with Crippen LogP contribution in [0.15, 0.2) is 24.3 Å². The summed E-state index contributed by atoms with van der Waals surface area (Å²) in [6.45, 7) is 3.45. The van der Waals surface area contributed by atoms with E-state index in [0.717, 1.165) is 9.13 Å². The Morgan fingerprint density at radius 3 is 2.24 bits per heavy atom. The average Bonchev–Trinajstić information content (AvgIpc) is 2.62. The maximum absolute atomic E-state index is 13.0. The monoisotopic (exact) mass is 538 g/mol. The van der Waals surface area contributed by atoms with Gasteiger partial charge in [-0.25, -0.2) is 0 Å². The third kappa shape index (κ3) is 7.12. The fraction of sp³-hybridized carbons (Fsp3) is 0.526. The summed E-state index contributed by atoms with van der Waals surface area (Å²) in [4.78, 5) is 34.6. The molecule has 0 bridgehead atoms. The van der Waals surface area contributed by atoms with Crippen LogP contribution in [0.4, 0.5) is 0 Å². The summed E-state index contributed by atoms with van der Waals surface area (Å²) in [6.07, 6.45) is -2.71. The first kappa shape index (κ1) is 23.9. The van der Waals surface area contributed by atoms with Crippen LogP contribution >= 0.6 is 22.6 Å². The molecule has 8 nitrogen and oxygen atoms in total. The predicted molar refractivity (Wildman–Crippen MR) is 112 cm³/mol. The molecule has 0 aromatic heterocycles. The van der Waals surface area contributed by atoms with Crippen LogP contribution < -0.4 is 0 Å². The second kappa shape index (κ2) is 11.1. The minimum Gasteiger partial charge on any atom is -0.614 e. The van der Waals surface area contributed by atoms with Gasteiger partial charge in [-0.05, 0) is 45.4 Å². The summed E-state index contributed by atoms with van der Waals surface area (Å²) >= 11 is 0.647. The van der Waals surface area contributed by atoms with Crippen molar-refractivity contribution < 1.29 is 37.9 Å². The highest BCUT2D eigenvalue weighted by atomic mass is 127. The molecule has 1 aromatic rings. The van der Waals surface area contributed by atoms with Crippen LogP contribution in [-0.4, -0.2) is 58.6 Å². The maximum Gasteiger partial charge on any atom is 0.303 e. The molecule has 1 saturated heterocycles. The topological polar surface area (TPSA) is 111 Å². The summed E-state index contributed by atoms with van der Waals surface area (Å²) in [5.74, 6) is -1.64. The Morgan fingerprint density at radius 2 is 1.66 bits per heavy atom. The van der Waals surface area contributed by atoms with Gasteiger partial charge in [-0.15, -0.1) is 0 Å². The largest absolute Gasteiger partial charge is 0.614 e. The zero-order valence-electron chi connectivity index (χ0n) is 16.3. The van der Waals surface area contributed by atoms with Crippen molar-refractivity contribution in [1.82, 2.24) is 0 Å². The molecule has 29 heavy (non-hydrogen) atoms. The van der Waals surface area contributed by atoms with Crippen molar-refractivity contribution >= 4 is 51.7 Å². The van der Waals surface area contributed by atoms with Gasteiger partial charge in [0.15, 0.2) is 12.2 Å². The first-order valence-electron chi connectivity index (χ1n) is 8.93. The van der Waals surface area contributed by atoms with Gasteiger partial charge in [-0.1, -0.05) is 18.2 Å². The molecule has 0 saturated carbocycles. The van der Waals surface area contributed by atoms with Crippen molar-refractivity contribution in [2.75, 3.05) is 12.4 Å². The van der Waals surface area contributed by atoms with Gasteiger partial charge in [-0.2, -0.15) is 0 Å². The van der Waals surface area contributed by atoms with E-state index in [-0.39, 0.29) is 12.4 Å². The highest BCUT2D eigenvalue weighted by Gasteiger charge is 2.51. The molecule has 0 N–H and O–H groups in total. The molecule has 1 aliphatic rings. The van der Waals surface area contributed by atoms with E-state index < -0.39 is 52.8 Å². The van der Waals surface area contributed by atoms with Crippen molar-refractivity contribution in [1.29, 1.82) is 0 Å². The number of carbonyl (C=O) groups is 3. The number of ether oxygens (including phenoxy) is 4. The van der Waals surface area contributed by atoms with E-state index in [2.05, 4.69) is 22.6 Å². The fourth-order valence-corrected chi connectivity index (χ4v) is 5.01. The Labute approximate surface area is 185 Å². The first-order chi connectivity index (χ1) is 13.7. The van der Waals surface area contributed by atoms with Gasteiger partial charge >= 0.3 is 17.9 Å². The Balaban J connectivity index is 2.19. The van der Waals surface area contributed by atoms with Crippen molar-refractivity contribution in [3.8, 4) is 0 Å². The van der Waals surface area contributed by atoms with Crippen LogP contribution in [0.2, 0.25) is 0 Å². The highest BCUT2D eigenvalue weighted by molar-refractivity contribution is 14.1. The fourth-order valence-electron chi connectivity index (χ4n) is 2.96. The molecule has 1 aliphatic heterocycles. The third-order valence-corrected chi connectivity index (χ3v) is 6.68. The van der Waals surface area contributed by atoms with Crippen LogP contribution in [0.3, 0.4) is 0 Å². The maximum atomic E-state index is 13.0. The number of aryl methyl sites for hydroxylation is 1. The number of hydrogen-bond acceptors (Lipinski definition) is 8. The lowest BCUT2D eigenvalue weighted by Gasteiger charge is -2.40. The summed E-state index contributed by atoms with van der Waals surface area (Å²) in [5, 5.41) is 0. The zero-order valence-corrected chi connectivity index (χ0v) is 19.3. The normalized spacial score (nSPS) is 25.0. The number of benzene rings is 1. The molecule has 0 spiro atoms. The molecule has 1 heterocycles. The van der Waals surface area contributed by atoms with Crippen LogP contribution in [0.25, 0.3) is 0 Å². The summed E-state index contributed by atoms with van der Waals surface area (Å²) in [6, 6.07) is 7.72. The molecule has 0 amide bonds. The van der Waals surface area contributed by atoms with Gasteiger partial charge < -0.3 is 23.5 Å². The summed E-state index contributed by atoms with van der Waals surface area (Å²) in [5.41, 5.74) is 0.0204. The van der Waals surface area contributed by atoms with Crippen molar-refractivity contribution in [3.05, 3.63) is 33.4 Å². The lowest BCUT2D eigenvalue weighted by Crippen LogP contribution is -2.59. The van der Waals surface area contributed by atoms with Gasteiger partial charge in [0.25, 0.3) is 5.44 Å². The second-order valence-corrected chi connectivity index (χ2v) is 9.22. The van der Waals surface area contributed by atoms with E-state index in [4.69, 9.17) is 18.9 Å². The lowest BCUT2D eigenvalue weighted by atomic mass is 10.1. The Hall–Kier alpha value is -1.37. The van der Waals surface area contributed by atoms with Crippen LogP contribution in [0.5, 0.6) is 0 Å². The smallest absolute Gasteiger partial charge is 0.303 e. The molecule has 0 radical (unpaired) electrons. The molecule has 1 aromatic carbocycles. The quantitative estimate of drug-likeness (QED) is 0.224. The summed E-state index contributed by atoms with van der Waals surface area (Å²) in [7, 11) is 0. The number of halogens is 1. The minimum atomic E-state index is -1.56. The van der Waals surface area contributed by atoms with Crippen molar-refractivity contribution in [2.45, 2.75) is 50.9 Å². The molecule has 1 fully saturated rings. The van der Waals surface area contributed by atoms with Gasteiger partial charge in [-0.3, -0.25) is 14.4 Å². The molecule has 10 heteroatoms. The van der Waals surface area contributed by atoms with Gasteiger partial charge in [0.2, 0.25) is 6.10 Å². The first-order valence-corrected chi connectivity index (χ1v) is 11.4. The Bertz CT molecular complexity index is 743. The van der Waals surface area contributed by atoms with Crippen LogP contribution in [0, 0.1) is 3.57 Å². The zero-order chi connectivity index (χ0) is 21.6. The molecule has 5 atom stereocenters. The van der Waals surface area contributed by atoms with E-state index in [1.54, 1.807) is 0 Å². The van der Waals surface area contributed by atoms with E-state index >= 15 is 0 Å². The van der Waals surface area contributed by atoms with Gasteiger partial charge in [0.1, 0.15) is 5.75 Å².